The number of amides is 2. The molecular weight excluding hydrogens is 736 g/mol. The SMILES string of the molecule is CCOc1cc([C@@H]2NC(=O)NC(C)=C2C(=O)OC)ccc1OC[C@@H](O)N/N=C/c1cc(Cl)cc(Br)c1OCc1ccc(Br)cc1. The summed E-state index contributed by atoms with van der Waals surface area (Å²) in [5.41, 5.74) is 5.41. The molecule has 0 unspecified atom stereocenters. The molecule has 0 bridgehead atoms. The molecule has 1 aliphatic rings. The van der Waals surface area contributed by atoms with Gasteiger partial charge in [0, 0.05) is 20.8 Å². The highest BCUT2D eigenvalue weighted by molar-refractivity contribution is 9.10. The predicted octanol–water partition coefficient (Wildman–Crippen LogP) is 5.96. The maximum Gasteiger partial charge on any atom is 0.337 e. The Morgan fingerprint density at radius 2 is 1.87 bits per heavy atom. The van der Waals surface area contributed by atoms with E-state index >= 15 is 0 Å². The van der Waals surface area contributed by atoms with Crippen LogP contribution < -0.4 is 30.3 Å². The van der Waals surface area contributed by atoms with Crippen LogP contribution in [0.2, 0.25) is 5.02 Å². The second-order valence-corrected chi connectivity index (χ2v) is 11.8. The normalized spacial score (nSPS) is 15.3. The van der Waals surface area contributed by atoms with E-state index in [4.69, 9.17) is 30.5 Å². The first-order valence-electron chi connectivity index (χ1n) is 13.7. The molecule has 0 fully saturated rings. The van der Waals surface area contributed by atoms with Gasteiger partial charge in [-0.2, -0.15) is 5.10 Å². The number of urea groups is 1. The van der Waals surface area contributed by atoms with Gasteiger partial charge in [0.15, 0.2) is 17.7 Å². The largest absolute Gasteiger partial charge is 0.490 e. The minimum absolute atomic E-state index is 0.181. The molecule has 3 aromatic rings. The Balaban J connectivity index is 1.42. The zero-order valence-electron chi connectivity index (χ0n) is 24.5. The maximum atomic E-state index is 12.5. The number of hydrogen-bond acceptors (Lipinski definition) is 9. The van der Waals surface area contributed by atoms with Gasteiger partial charge in [0.05, 0.1) is 36.0 Å². The van der Waals surface area contributed by atoms with Gasteiger partial charge in [-0.3, -0.25) is 5.43 Å². The van der Waals surface area contributed by atoms with E-state index in [0.717, 1.165) is 10.0 Å². The van der Waals surface area contributed by atoms with Crippen LogP contribution in [0.4, 0.5) is 4.79 Å². The molecule has 0 aliphatic carbocycles. The molecule has 0 saturated heterocycles. The first-order chi connectivity index (χ1) is 21.6. The van der Waals surface area contributed by atoms with Crippen LogP contribution in [0.3, 0.4) is 0 Å². The third-order valence-corrected chi connectivity index (χ3v) is 7.77. The van der Waals surface area contributed by atoms with Crippen molar-refractivity contribution in [3.05, 3.63) is 96.5 Å². The molecule has 1 heterocycles. The van der Waals surface area contributed by atoms with Gasteiger partial charge in [0.2, 0.25) is 0 Å². The smallest absolute Gasteiger partial charge is 0.337 e. The maximum absolute atomic E-state index is 12.5. The summed E-state index contributed by atoms with van der Waals surface area (Å²) in [6.07, 6.45) is 0.296. The highest BCUT2D eigenvalue weighted by Gasteiger charge is 2.32. The zero-order valence-corrected chi connectivity index (χ0v) is 28.5. The fourth-order valence-corrected chi connectivity index (χ4v) is 5.59. The lowest BCUT2D eigenvalue weighted by Crippen LogP contribution is -2.45. The Morgan fingerprint density at radius 3 is 2.58 bits per heavy atom. The number of ether oxygens (including phenoxy) is 4. The molecule has 1 aliphatic heterocycles. The lowest BCUT2D eigenvalue weighted by Gasteiger charge is -2.28. The number of hydrazone groups is 1. The summed E-state index contributed by atoms with van der Waals surface area (Å²) in [7, 11) is 1.27. The van der Waals surface area contributed by atoms with Gasteiger partial charge in [-0.05, 0) is 77.3 Å². The van der Waals surface area contributed by atoms with Crippen LogP contribution in [-0.4, -0.2) is 49.9 Å². The molecule has 0 radical (unpaired) electrons. The summed E-state index contributed by atoms with van der Waals surface area (Å²) in [5.74, 6) is 0.655. The number of halogens is 3. The summed E-state index contributed by atoms with van der Waals surface area (Å²) in [5, 5.41) is 20.5. The van der Waals surface area contributed by atoms with Gasteiger partial charge < -0.3 is 34.7 Å². The number of nitrogens with zero attached hydrogens (tertiary/aromatic N) is 1. The minimum Gasteiger partial charge on any atom is -0.490 e. The van der Waals surface area contributed by atoms with E-state index in [1.165, 1.54) is 13.3 Å². The monoisotopic (exact) mass is 764 g/mol. The number of hydrogen-bond donors (Lipinski definition) is 4. The van der Waals surface area contributed by atoms with Gasteiger partial charge in [-0.25, -0.2) is 9.59 Å². The summed E-state index contributed by atoms with van der Waals surface area (Å²) in [4.78, 5) is 24.6. The van der Waals surface area contributed by atoms with Gasteiger partial charge in [0.25, 0.3) is 0 Å². The van der Waals surface area contributed by atoms with E-state index < -0.39 is 24.3 Å². The fraction of sp³-hybridized carbons (Fsp3) is 0.258. The second kappa shape index (κ2) is 16.0. The average Bonchev–Trinajstić information content (AvgIpc) is 3.00. The molecule has 0 spiro atoms. The van der Waals surface area contributed by atoms with Crippen LogP contribution in [0.5, 0.6) is 17.2 Å². The topological polar surface area (TPSA) is 140 Å². The first-order valence-corrected chi connectivity index (χ1v) is 15.6. The molecular formula is C31H31Br2ClN4O7. The number of allylic oxidation sites excluding steroid dienone is 1. The minimum atomic E-state index is -1.19. The van der Waals surface area contributed by atoms with Crippen molar-refractivity contribution in [3.8, 4) is 17.2 Å². The number of esters is 1. The van der Waals surface area contributed by atoms with Crippen molar-refractivity contribution in [1.29, 1.82) is 0 Å². The van der Waals surface area contributed by atoms with Crippen molar-refractivity contribution in [2.45, 2.75) is 32.7 Å². The third kappa shape index (κ3) is 9.13. The van der Waals surface area contributed by atoms with E-state index in [-0.39, 0.29) is 12.2 Å². The Kier molecular flexibility index (Phi) is 12.1. The summed E-state index contributed by atoms with van der Waals surface area (Å²) >= 11 is 13.2. The van der Waals surface area contributed by atoms with Gasteiger partial charge >= 0.3 is 12.0 Å². The van der Waals surface area contributed by atoms with Crippen LogP contribution in [0.25, 0.3) is 0 Å². The first kappa shape index (κ1) is 34.1. The van der Waals surface area contributed by atoms with E-state index in [9.17, 15) is 14.7 Å². The van der Waals surface area contributed by atoms with Gasteiger partial charge in [-0.15, -0.1) is 0 Å². The second-order valence-electron chi connectivity index (χ2n) is 9.64. The number of carbonyl (C=O) groups excluding carboxylic acids is 2. The molecule has 4 rings (SSSR count). The van der Waals surface area contributed by atoms with Crippen LogP contribution >= 0.6 is 43.5 Å². The lowest BCUT2D eigenvalue weighted by molar-refractivity contribution is -0.136. The molecule has 45 heavy (non-hydrogen) atoms. The summed E-state index contributed by atoms with van der Waals surface area (Å²) in [6, 6.07) is 15.0. The van der Waals surface area contributed by atoms with Gasteiger partial charge in [0.1, 0.15) is 19.0 Å². The van der Waals surface area contributed by atoms with Crippen molar-refractivity contribution >= 4 is 61.7 Å². The number of nitrogens with one attached hydrogen (secondary N) is 3. The standard InChI is InChI=1S/C31H31Br2ClN4O7/c1-4-43-25-12-19(28-27(30(40)42-3)17(2)36-31(41)37-28)7-10-24(25)44-16-26(39)38-35-14-20-11-22(34)13-23(33)29(20)45-15-18-5-8-21(32)9-6-18/h5-14,26,28,38-39H,4,15-16H2,1-3H3,(H2,36,37,41)/b35-14+/t26-,28+/m1/s1. The number of benzene rings is 3. The van der Waals surface area contributed by atoms with Crippen LogP contribution in [0.1, 0.15) is 36.6 Å². The molecule has 238 valence electrons. The molecule has 0 saturated carbocycles. The highest BCUT2D eigenvalue weighted by Crippen LogP contribution is 2.35. The Bertz CT molecular complexity index is 1600. The number of rotatable bonds is 13. The molecule has 0 aromatic heterocycles. The van der Waals surface area contributed by atoms with E-state index in [2.05, 4.69) is 53.0 Å². The Morgan fingerprint density at radius 1 is 1.11 bits per heavy atom. The van der Waals surface area contributed by atoms with Crippen molar-refractivity contribution in [2.75, 3.05) is 20.3 Å². The van der Waals surface area contributed by atoms with Crippen molar-refractivity contribution in [2.24, 2.45) is 5.10 Å². The van der Waals surface area contributed by atoms with Crippen LogP contribution in [0, 0.1) is 0 Å². The van der Waals surface area contributed by atoms with Crippen LogP contribution in [0.15, 0.2) is 79.9 Å². The quantitative estimate of drug-likeness (QED) is 0.0724. The number of carbonyl (C=O) groups is 2. The predicted molar refractivity (Wildman–Crippen MR) is 177 cm³/mol. The molecule has 14 heteroatoms. The van der Waals surface area contributed by atoms with Crippen molar-refractivity contribution in [1.82, 2.24) is 16.1 Å². The van der Waals surface area contributed by atoms with E-state index in [0.29, 0.717) is 56.8 Å². The molecule has 2 atom stereocenters. The molecule has 2 amide bonds. The van der Waals surface area contributed by atoms with Crippen molar-refractivity contribution < 1.29 is 33.6 Å². The number of aliphatic hydroxyl groups is 1. The van der Waals surface area contributed by atoms with E-state index in [1.807, 2.05) is 31.2 Å². The fourth-order valence-electron chi connectivity index (χ4n) is 4.38. The van der Waals surface area contributed by atoms with Crippen LogP contribution in [-0.2, 0) is 16.1 Å². The van der Waals surface area contributed by atoms with Gasteiger partial charge in [-0.1, -0.05) is 45.7 Å². The highest BCUT2D eigenvalue weighted by atomic mass is 79.9. The Hall–Kier alpha value is -3.78. The number of methoxy groups -OCH3 is 1. The lowest BCUT2D eigenvalue weighted by atomic mass is 9.95. The number of aliphatic hydroxyl groups excluding tert-OH is 1. The average molecular weight is 767 g/mol. The van der Waals surface area contributed by atoms with E-state index in [1.54, 1.807) is 37.3 Å². The molecule has 11 nitrogen and oxygen atoms in total. The molecule has 3 aromatic carbocycles. The summed E-state index contributed by atoms with van der Waals surface area (Å²) < 4.78 is 24.2. The zero-order chi connectivity index (χ0) is 32.5. The molecule has 4 N–H and O–H groups in total. The van der Waals surface area contributed by atoms with Crippen molar-refractivity contribution in [3.63, 3.8) is 0 Å². The Labute approximate surface area is 282 Å². The summed E-state index contributed by atoms with van der Waals surface area (Å²) in [6.45, 7) is 3.90. The third-order valence-electron chi connectivity index (χ3n) is 6.43.